The zero-order chi connectivity index (χ0) is 15.2. The summed E-state index contributed by atoms with van der Waals surface area (Å²) in [6.45, 7) is 1.05. The lowest BCUT2D eigenvalue weighted by atomic mass is 10.1. The van der Waals surface area contributed by atoms with Gasteiger partial charge in [-0.3, -0.25) is 0 Å². The third-order valence-electron chi connectivity index (χ3n) is 2.93. The Hall–Kier alpha value is -1.24. The Morgan fingerprint density at radius 2 is 1.81 bits per heavy atom. The molecule has 0 saturated carbocycles. The minimum absolute atomic E-state index is 0.471. The van der Waals surface area contributed by atoms with Crippen LogP contribution in [0.3, 0.4) is 0 Å². The quantitative estimate of drug-likeness (QED) is 0.807. The Balaban J connectivity index is 2.23. The first-order valence-electron chi connectivity index (χ1n) is 6.48. The van der Waals surface area contributed by atoms with Crippen LogP contribution in [-0.2, 0) is 13.0 Å². The number of hydrogen-bond acceptors (Lipinski definition) is 5. The number of benzene rings is 1. The Labute approximate surface area is 137 Å². The maximum absolute atomic E-state index is 5.89. The van der Waals surface area contributed by atoms with E-state index in [1.807, 2.05) is 23.6 Å². The lowest BCUT2D eigenvalue weighted by molar-refractivity contribution is 0.268. The molecule has 0 fully saturated rings. The van der Waals surface area contributed by atoms with Crippen LogP contribution in [0.5, 0.6) is 17.2 Å². The highest BCUT2D eigenvalue weighted by Crippen LogP contribution is 2.39. The average Bonchev–Trinajstić information content (AvgIpc) is 2.90. The smallest absolute Gasteiger partial charge is 0.203 e. The molecule has 0 saturated heterocycles. The van der Waals surface area contributed by atoms with Gasteiger partial charge in [0.05, 0.1) is 14.2 Å². The first-order valence-corrected chi connectivity index (χ1v) is 8.16. The van der Waals surface area contributed by atoms with E-state index in [2.05, 4.69) is 15.9 Å². The van der Waals surface area contributed by atoms with Crippen molar-refractivity contribution in [1.82, 2.24) is 0 Å². The number of hydrogen-bond donors (Lipinski definition) is 1. The SMILES string of the molecule is COc1cc(CCN)cc(OC)c1OCc1cc(Br)cs1. The zero-order valence-corrected chi connectivity index (χ0v) is 14.4. The van der Waals surface area contributed by atoms with E-state index in [-0.39, 0.29) is 0 Å². The lowest BCUT2D eigenvalue weighted by Crippen LogP contribution is -2.05. The highest BCUT2D eigenvalue weighted by atomic mass is 79.9. The molecule has 21 heavy (non-hydrogen) atoms. The first-order chi connectivity index (χ1) is 10.2. The molecule has 4 nitrogen and oxygen atoms in total. The normalized spacial score (nSPS) is 10.5. The fraction of sp³-hybridized carbons (Fsp3) is 0.333. The zero-order valence-electron chi connectivity index (χ0n) is 12.0. The summed E-state index contributed by atoms with van der Waals surface area (Å²) in [6.07, 6.45) is 0.769. The standard InChI is InChI=1S/C15H18BrNO3S/c1-18-13-5-10(3-4-17)6-14(19-2)15(13)20-8-12-7-11(16)9-21-12/h5-7,9H,3-4,8,17H2,1-2H3. The van der Waals surface area contributed by atoms with Crippen LogP contribution < -0.4 is 19.9 Å². The Kier molecular flexibility index (Phi) is 5.90. The van der Waals surface area contributed by atoms with Gasteiger partial charge in [0, 0.05) is 14.7 Å². The highest BCUT2D eigenvalue weighted by molar-refractivity contribution is 9.10. The molecule has 2 rings (SSSR count). The van der Waals surface area contributed by atoms with Crippen LogP contribution in [-0.4, -0.2) is 20.8 Å². The first kappa shape index (κ1) is 16.1. The molecule has 0 spiro atoms. The van der Waals surface area contributed by atoms with E-state index in [1.54, 1.807) is 25.6 Å². The van der Waals surface area contributed by atoms with Crippen LogP contribution in [0.15, 0.2) is 28.1 Å². The van der Waals surface area contributed by atoms with Crippen LogP contribution >= 0.6 is 27.3 Å². The molecule has 0 atom stereocenters. The number of methoxy groups -OCH3 is 2. The van der Waals surface area contributed by atoms with Gasteiger partial charge in [-0.2, -0.15) is 0 Å². The molecule has 0 amide bonds. The molecule has 2 N–H and O–H groups in total. The number of halogens is 1. The summed E-state index contributed by atoms with van der Waals surface area (Å²) in [5, 5.41) is 2.03. The number of rotatable bonds is 7. The molecule has 0 bridgehead atoms. The minimum Gasteiger partial charge on any atom is -0.493 e. The molecule has 1 heterocycles. The molecular formula is C15H18BrNO3S. The van der Waals surface area contributed by atoms with Gasteiger partial charge in [0.15, 0.2) is 11.5 Å². The van der Waals surface area contributed by atoms with Crippen LogP contribution in [0.25, 0.3) is 0 Å². The molecule has 1 aromatic heterocycles. The van der Waals surface area contributed by atoms with E-state index in [0.29, 0.717) is 30.4 Å². The molecule has 0 unspecified atom stereocenters. The predicted octanol–water partition coefficient (Wildman–Crippen LogP) is 3.61. The second-order valence-electron chi connectivity index (χ2n) is 4.39. The van der Waals surface area contributed by atoms with Gasteiger partial charge in [-0.05, 0) is 52.7 Å². The monoisotopic (exact) mass is 371 g/mol. The van der Waals surface area contributed by atoms with Gasteiger partial charge in [0.1, 0.15) is 6.61 Å². The van der Waals surface area contributed by atoms with Crippen molar-refractivity contribution < 1.29 is 14.2 Å². The molecule has 0 radical (unpaired) electrons. The van der Waals surface area contributed by atoms with Crippen molar-refractivity contribution in [2.24, 2.45) is 5.73 Å². The van der Waals surface area contributed by atoms with Crippen LogP contribution in [0.1, 0.15) is 10.4 Å². The Morgan fingerprint density at radius 1 is 1.14 bits per heavy atom. The van der Waals surface area contributed by atoms with Gasteiger partial charge in [-0.1, -0.05) is 0 Å². The Morgan fingerprint density at radius 3 is 2.29 bits per heavy atom. The average molecular weight is 372 g/mol. The lowest BCUT2D eigenvalue weighted by Gasteiger charge is -2.15. The van der Waals surface area contributed by atoms with Crippen LogP contribution in [0.2, 0.25) is 0 Å². The van der Waals surface area contributed by atoms with Crippen molar-refractivity contribution in [2.75, 3.05) is 20.8 Å². The molecule has 1 aromatic carbocycles. The summed E-state index contributed by atoms with van der Waals surface area (Å²) in [5.41, 5.74) is 6.67. The maximum Gasteiger partial charge on any atom is 0.203 e. The largest absolute Gasteiger partial charge is 0.493 e. The fourth-order valence-electron chi connectivity index (χ4n) is 1.96. The van der Waals surface area contributed by atoms with Gasteiger partial charge < -0.3 is 19.9 Å². The van der Waals surface area contributed by atoms with Gasteiger partial charge in [-0.15, -0.1) is 11.3 Å². The van der Waals surface area contributed by atoms with Gasteiger partial charge >= 0.3 is 0 Å². The highest BCUT2D eigenvalue weighted by Gasteiger charge is 2.14. The molecule has 6 heteroatoms. The summed E-state index contributed by atoms with van der Waals surface area (Å²) < 4.78 is 17.8. The molecule has 2 aromatic rings. The summed E-state index contributed by atoms with van der Waals surface area (Å²) >= 11 is 5.07. The molecular weight excluding hydrogens is 354 g/mol. The van der Waals surface area contributed by atoms with E-state index in [9.17, 15) is 0 Å². The van der Waals surface area contributed by atoms with Crippen molar-refractivity contribution in [2.45, 2.75) is 13.0 Å². The number of thiophene rings is 1. The minimum atomic E-state index is 0.471. The third-order valence-corrected chi connectivity index (χ3v) is 4.61. The molecule has 0 aliphatic carbocycles. The van der Waals surface area contributed by atoms with E-state index in [1.165, 1.54) is 0 Å². The van der Waals surface area contributed by atoms with Crippen LogP contribution in [0.4, 0.5) is 0 Å². The van der Waals surface area contributed by atoms with Gasteiger partial charge in [-0.25, -0.2) is 0 Å². The summed E-state index contributed by atoms with van der Waals surface area (Å²) in [6, 6.07) is 5.91. The topological polar surface area (TPSA) is 53.7 Å². The Bertz CT molecular complexity index is 575. The second kappa shape index (κ2) is 7.68. The number of nitrogens with two attached hydrogens (primary N) is 1. The summed E-state index contributed by atoms with van der Waals surface area (Å²) in [4.78, 5) is 1.12. The van der Waals surface area contributed by atoms with Crippen molar-refractivity contribution in [3.63, 3.8) is 0 Å². The van der Waals surface area contributed by atoms with Crippen molar-refractivity contribution in [3.05, 3.63) is 38.5 Å². The summed E-state index contributed by atoms with van der Waals surface area (Å²) in [7, 11) is 3.24. The maximum atomic E-state index is 5.89. The molecule has 114 valence electrons. The van der Waals surface area contributed by atoms with Crippen molar-refractivity contribution >= 4 is 27.3 Å². The van der Waals surface area contributed by atoms with Crippen molar-refractivity contribution in [3.8, 4) is 17.2 Å². The second-order valence-corrected chi connectivity index (χ2v) is 6.30. The summed E-state index contributed by atoms with van der Waals surface area (Å²) in [5.74, 6) is 1.94. The van der Waals surface area contributed by atoms with E-state index >= 15 is 0 Å². The predicted molar refractivity (Wildman–Crippen MR) is 88.7 cm³/mol. The fourth-order valence-corrected chi connectivity index (χ4v) is 3.32. The van der Waals surface area contributed by atoms with Gasteiger partial charge in [0.2, 0.25) is 5.75 Å². The molecule has 0 aliphatic heterocycles. The van der Waals surface area contributed by atoms with E-state index in [0.717, 1.165) is 21.3 Å². The van der Waals surface area contributed by atoms with Crippen LogP contribution in [0, 0.1) is 0 Å². The van der Waals surface area contributed by atoms with Crippen molar-refractivity contribution in [1.29, 1.82) is 0 Å². The van der Waals surface area contributed by atoms with Gasteiger partial charge in [0.25, 0.3) is 0 Å². The third kappa shape index (κ3) is 4.12. The number of ether oxygens (including phenoxy) is 3. The van der Waals surface area contributed by atoms with E-state index in [4.69, 9.17) is 19.9 Å². The molecule has 0 aliphatic rings. The van der Waals surface area contributed by atoms with E-state index < -0.39 is 0 Å².